The van der Waals surface area contributed by atoms with Gasteiger partial charge in [-0.3, -0.25) is 0 Å². The van der Waals surface area contributed by atoms with Crippen LogP contribution in [0, 0.1) is 5.82 Å². The predicted molar refractivity (Wildman–Crippen MR) is 81.9 cm³/mol. The molecule has 22 heavy (non-hydrogen) atoms. The first-order valence-corrected chi connectivity index (χ1v) is 6.44. The lowest BCUT2D eigenvalue weighted by Gasteiger charge is -2.04. The van der Waals surface area contributed by atoms with E-state index in [1.807, 2.05) is 0 Å². The zero-order chi connectivity index (χ0) is 15.9. The zero-order valence-electron chi connectivity index (χ0n) is 12.0. The van der Waals surface area contributed by atoms with E-state index in [2.05, 4.69) is 16.5 Å². The van der Waals surface area contributed by atoms with E-state index in [0.29, 0.717) is 22.4 Å². The van der Waals surface area contributed by atoms with E-state index in [-0.39, 0.29) is 5.82 Å². The lowest BCUT2D eigenvalue weighted by atomic mass is 10.1. The Labute approximate surface area is 127 Å². The molecule has 0 aliphatic carbocycles. The number of halogens is 1. The molecule has 5 heteroatoms. The number of methoxy groups -OCH3 is 1. The topological polar surface area (TPSA) is 47.9 Å². The van der Waals surface area contributed by atoms with Crippen molar-refractivity contribution in [2.45, 2.75) is 0 Å². The third kappa shape index (κ3) is 4.02. The van der Waals surface area contributed by atoms with E-state index in [4.69, 9.17) is 4.84 Å². The molecule has 0 spiro atoms. The van der Waals surface area contributed by atoms with Gasteiger partial charge in [0.2, 0.25) is 0 Å². The standard InChI is InChI=1S/C17H14FNO3/c1-12(14-6-8-15(9-7-14)17(20)21-2)22-19-11-13-4-3-5-16(18)10-13/h3-11H,1H2,2H3/b19-11+. The summed E-state index contributed by atoms with van der Waals surface area (Å²) in [5, 5.41) is 3.75. The average Bonchev–Trinajstić information content (AvgIpc) is 2.54. The second-order valence-corrected chi connectivity index (χ2v) is 4.37. The number of hydrogen-bond acceptors (Lipinski definition) is 4. The summed E-state index contributed by atoms with van der Waals surface area (Å²) in [5.74, 6) is -0.451. The van der Waals surface area contributed by atoms with Gasteiger partial charge in [0.15, 0.2) is 5.76 Å². The molecule has 0 bridgehead atoms. The van der Waals surface area contributed by atoms with Gasteiger partial charge in [0.05, 0.1) is 18.9 Å². The van der Waals surface area contributed by atoms with Gasteiger partial charge in [-0.1, -0.05) is 36.0 Å². The fourth-order valence-electron chi connectivity index (χ4n) is 1.70. The Morgan fingerprint density at radius 1 is 1.18 bits per heavy atom. The van der Waals surface area contributed by atoms with Gasteiger partial charge in [-0.2, -0.15) is 0 Å². The van der Waals surface area contributed by atoms with Crippen LogP contribution in [0.25, 0.3) is 5.76 Å². The molecule has 0 fully saturated rings. The highest BCUT2D eigenvalue weighted by Crippen LogP contribution is 2.15. The number of esters is 1. The van der Waals surface area contributed by atoms with E-state index in [1.165, 1.54) is 25.5 Å². The van der Waals surface area contributed by atoms with E-state index in [1.54, 1.807) is 36.4 Å². The summed E-state index contributed by atoms with van der Waals surface area (Å²) in [4.78, 5) is 16.5. The minimum absolute atomic E-state index is 0.309. The smallest absolute Gasteiger partial charge is 0.337 e. The number of ether oxygens (including phenoxy) is 1. The van der Waals surface area contributed by atoms with Gasteiger partial charge < -0.3 is 9.57 Å². The fourth-order valence-corrected chi connectivity index (χ4v) is 1.70. The molecule has 4 nitrogen and oxygen atoms in total. The van der Waals surface area contributed by atoms with Crippen LogP contribution in [0.1, 0.15) is 21.5 Å². The van der Waals surface area contributed by atoms with Crippen LogP contribution in [-0.4, -0.2) is 19.3 Å². The average molecular weight is 299 g/mol. The normalized spacial score (nSPS) is 10.5. The molecular weight excluding hydrogens is 285 g/mol. The first kappa shape index (κ1) is 15.4. The van der Waals surface area contributed by atoms with Crippen molar-refractivity contribution in [1.82, 2.24) is 0 Å². The molecule has 0 heterocycles. The summed E-state index contributed by atoms with van der Waals surface area (Å²) < 4.78 is 17.6. The van der Waals surface area contributed by atoms with Gasteiger partial charge in [0.1, 0.15) is 5.82 Å². The van der Waals surface area contributed by atoms with E-state index < -0.39 is 5.97 Å². The molecule has 2 aromatic carbocycles. The molecule has 0 amide bonds. The van der Waals surface area contributed by atoms with Crippen molar-refractivity contribution in [3.05, 3.63) is 77.6 Å². The first-order valence-electron chi connectivity index (χ1n) is 6.44. The van der Waals surface area contributed by atoms with Crippen LogP contribution in [0.2, 0.25) is 0 Å². The lowest BCUT2D eigenvalue weighted by Crippen LogP contribution is -2.00. The number of benzene rings is 2. The summed E-state index contributed by atoms with van der Waals surface area (Å²) in [5.41, 5.74) is 1.68. The molecule has 0 saturated carbocycles. The largest absolute Gasteiger partial charge is 0.465 e. The van der Waals surface area contributed by atoms with Crippen LogP contribution in [0.3, 0.4) is 0 Å². The van der Waals surface area contributed by atoms with Crippen molar-refractivity contribution in [1.29, 1.82) is 0 Å². The highest BCUT2D eigenvalue weighted by molar-refractivity contribution is 5.89. The fraction of sp³-hybridized carbons (Fsp3) is 0.0588. The van der Waals surface area contributed by atoms with Crippen molar-refractivity contribution >= 4 is 17.9 Å². The van der Waals surface area contributed by atoms with Crippen LogP contribution in [0.15, 0.2) is 60.3 Å². The Morgan fingerprint density at radius 2 is 1.86 bits per heavy atom. The quantitative estimate of drug-likeness (QED) is 0.366. The summed E-state index contributed by atoms with van der Waals surface area (Å²) in [7, 11) is 1.32. The van der Waals surface area contributed by atoms with Gasteiger partial charge >= 0.3 is 5.97 Å². The molecule has 0 radical (unpaired) electrons. The number of oxime groups is 1. The van der Waals surface area contributed by atoms with Crippen molar-refractivity contribution in [2.75, 3.05) is 7.11 Å². The molecule has 112 valence electrons. The van der Waals surface area contributed by atoms with E-state index in [9.17, 15) is 9.18 Å². The Morgan fingerprint density at radius 3 is 2.50 bits per heavy atom. The third-order valence-electron chi connectivity index (χ3n) is 2.84. The Balaban J connectivity index is 1.99. The predicted octanol–water partition coefficient (Wildman–Crippen LogP) is 3.63. The molecule has 2 rings (SSSR count). The molecule has 0 atom stereocenters. The van der Waals surface area contributed by atoms with Crippen molar-refractivity contribution in [3.63, 3.8) is 0 Å². The molecule has 0 aliphatic rings. The molecule has 0 unspecified atom stereocenters. The molecule has 2 aromatic rings. The molecule has 0 aromatic heterocycles. The molecule has 0 saturated heterocycles. The minimum Gasteiger partial charge on any atom is -0.465 e. The van der Waals surface area contributed by atoms with Gasteiger partial charge in [-0.05, 0) is 29.8 Å². The number of hydrogen-bond donors (Lipinski definition) is 0. The summed E-state index contributed by atoms with van der Waals surface area (Å²) >= 11 is 0. The van der Waals surface area contributed by atoms with Crippen LogP contribution >= 0.6 is 0 Å². The monoisotopic (exact) mass is 299 g/mol. The Bertz CT molecular complexity index is 708. The van der Waals surface area contributed by atoms with E-state index in [0.717, 1.165) is 0 Å². The molecular formula is C17H14FNO3. The maximum atomic E-state index is 13.0. The zero-order valence-corrected chi connectivity index (χ0v) is 12.0. The minimum atomic E-state index is -0.415. The van der Waals surface area contributed by atoms with Crippen molar-refractivity contribution < 1.29 is 18.8 Å². The molecule has 0 aliphatic heterocycles. The first-order chi connectivity index (χ1) is 10.6. The maximum absolute atomic E-state index is 13.0. The highest BCUT2D eigenvalue weighted by Gasteiger charge is 2.06. The van der Waals surface area contributed by atoms with Gasteiger partial charge in [0, 0.05) is 5.56 Å². The SMILES string of the molecule is C=C(O/N=C/c1cccc(F)c1)c1ccc(C(=O)OC)cc1. The maximum Gasteiger partial charge on any atom is 0.337 e. The number of nitrogens with zero attached hydrogens (tertiary/aromatic N) is 1. The summed E-state index contributed by atoms with van der Waals surface area (Å²) in [6.07, 6.45) is 1.39. The lowest BCUT2D eigenvalue weighted by molar-refractivity contribution is 0.0600. The number of carbonyl (C=O) groups excluding carboxylic acids is 1. The Hall–Kier alpha value is -2.95. The van der Waals surface area contributed by atoms with Crippen LogP contribution in [-0.2, 0) is 9.57 Å². The van der Waals surface area contributed by atoms with Crippen molar-refractivity contribution in [2.24, 2.45) is 5.16 Å². The van der Waals surface area contributed by atoms with Crippen LogP contribution in [0.4, 0.5) is 4.39 Å². The highest BCUT2D eigenvalue weighted by atomic mass is 19.1. The van der Waals surface area contributed by atoms with Crippen molar-refractivity contribution in [3.8, 4) is 0 Å². The van der Waals surface area contributed by atoms with E-state index >= 15 is 0 Å². The summed E-state index contributed by atoms with van der Waals surface area (Å²) in [6, 6.07) is 12.5. The molecule has 0 N–H and O–H groups in total. The van der Waals surface area contributed by atoms with Gasteiger partial charge in [-0.15, -0.1) is 0 Å². The number of carbonyl (C=O) groups is 1. The number of rotatable bonds is 5. The van der Waals surface area contributed by atoms with Crippen LogP contribution in [0.5, 0.6) is 0 Å². The Kier molecular flexibility index (Phi) is 5.03. The second kappa shape index (κ2) is 7.17. The summed E-state index contributed by atoms with van der Waals surface area (Å²) in [6.45, 7) is 3.74. The van der Waals surface area contributed by atoms with Gasteiger partial charge in [0.25, 0.3) is 0 Å². The second-order valence-electron chi connectivity index (χ2n) is 4.37. The third-order valence-corrected chi connectivity index (χ3v) is 2.84. The van der Waals surface area contributed by atoms with Crippen LogP contribution < -0.4 is 0 Å². The van der Waals surface area contributed by atoms with Gasteiger partial charge in [-0.25, -0.2) is 9.18 Å².